The van der Waals surface area contributed by atoms with Crippen molar-refractivity contribution in [3.63, 3.8) is 0 Å². The summed E-state index contributed by atoms with van der Waals surface area (Å²) in [5.41, 5.74) is 11.9. The van der Waals surface area contributed by atoms with Gasteiger partial charge in [-0.3, -0.25) is 19.2 Å². The van der Waals surface area contributed by atoms with Gasteiger partial charge in [-0.2, -0.15) is 0 Å². The molecular formula is C25H39N5O8. The number of carbonyl (C=O) groups is 5. The van der Waals surface area contributed by atoms with E-state index < -0.39 is 60.2 Å². The molecule has 1 rings (SSSR count). The molecule has 0 aliphatic rings. The number of rotatable bonds is 17. The Morgan fingerprint density at radius 3 is 1.92 bits per heavy atom. The fourth-order valence-corrected chi connectivity index (χ4v) is 3.65. The molecule has 4 atom stereocenters. The zero-order valence-corrected chi connectivity index (χ0v) is 21.7. The number of nitrogens with one attached hydrogen (secondary N) is 3. The van der Waals surface area contributed by atoms with Crippen LogP contribution >= 0.6 is 0 Å². The number of phenols is 1. The molecule has 0 radical (unpaired) electrons. The Morgan fingerprint density at radius 2 is 1.39 bits per heavy atom. The van der Waals surface area contributed by atoms with Gasteiger partial charge in [0.15, 0.2) is 0 Å². The third-order valence-electron chi connectivity index (χ3n) is 5.64. The number of hydrogen-bond donors (Lipinski definition) is 8. The molecule has 13 heteroatoms. The lowest BCUT2D eigenvalue weighted by Crippen LogP contribution is -2.58. The number of hydrogen-bond acceptors (Lipinski definition) is 8. The first-order valence-electron chi connectivity index (χ1n) is 12.4. The molecule has 13 nitrogen and oxygen atoms in total. The van der Waals surface area contributed by atoms with E-state index in [-0.39, 0.29) is 24.5 Å². The summed E-state index contributed by atoms with van der Waals surface area (Å²) >= 11 is 0. The molecule has 10 N–H and O–H groups in total. The van der Waals surface area contributed by atoms with E-state index in [1.807, 2.05) is 13.8 Å². The number of aromatic hydroxyl groups is 1. The minimum absolute atomic E-state index is 0.00427. The highest BCUT2D eigenvalue weighted by Gasteiger charge is 2.31. The van der Waals surface area contributed by atoms with Crippen LogP contribution < -0.4 is 27.4 Å². The lowest BCUT2D eigenvalue weighted by molar-refractivity contribution is -0.143. The SMILES string of the molecule is CC(C)CC(N)C(=O)NC(Cc1ccc(O)cc1)C(=O)NC(CC(=O)O)C(=O)NC(CCCCN)C(=O)O. The van der Waals surface area contributed by atoms with Crippen LogP contribution in [0.2, 0.25) is 0 Å². The number of aliphatic carboxylic acids is 2. The third kappa shape index (κ3) is 12.0. The van der Waals surface area contributed by atoms with Gasteiger partial charge in [0.2, 0.25) is 17.7 Å². The maximum Gasteiger partial charge on any atom is 0.326 e. The molecule has 3 amide bonds. The average Bonchev–Trinajstić information content (AvgIpc) is 2.82. The lowest BCUT2D eigenvalue weighted by Gasteiger charge is -2.25. The molecule has 0 bridgehead atoms. The van der Waals surface area contributed by atoms with E-state index in [2.05, 4.69) is 16.0 Å². The Morgan fingerprint density at radius 1 is 0.842 bits per heavy atom. The van der Waals surface area contributed by atoms with E-state index in [4.69, 9.17) is 11.5 Å². The van der Waals surface area contributed by atoms with Gasteiger partial charge in [0.05, 0.1) is 12.5 Å². The highest BCUT2D eigenvalue weighted by atomic mass is 16.4. The van der Waals surface area contributed by atoms with Crippen LogP contribution in [0.3, 0.4) is 0 Å². The number of nitrogens with two attached hydrogens (primary N) is 2. The van der Waals surface area contributed by atoms with Crippen molar-refractivity contribution in [1.82, 2.24) is 16.0 Å². The fraction of sp³-hybridized carbons (Fsp3) is 0.560. The summed E-state index contributed by atoms with van der Waals surface area (Å²) in [5, 5.41) is 35.4. The number of carbonyl (C=O) groups excluding carboxylic acids is 3. The minimum Gasteiger partial charge on any atom is -0.508 e. The van der Waals surface area contributed by atoms with Gasteiger partial charge in [-0.05, 0) is 55.8 Å². The third-order valence-corrected chi connectivity index (χ3v) is 5.64. The van der Waals surface area contributed by atoms with Gasteiger partial charge in [0.25, 0.3) is 0 Å². The summed E-state index contributed by atoms with van der Waals surface area (Å²) in [6.45, 7) is 4.10. The molecule has 1 aromatic rings. The standard InChI is InChI=1S/C25H39N5O8/c1-14(2)11-17(27)22(34)29-19(12-15-6-8-16(31)9-7-15)23(35)30-20(13-21(32)33)24(36)28-18(25(37)38)5-3-4-10-26/h6-9,14,17-20,31H,3-5,10-13,26-27H2,1-2H3,(H,28,36)(H,29,34)(H,30,35)(H,32,33)(H,37,38). The van der Waals surface area contributed by atoms with Gasteiger partial charge >= 0.3 is 11.9 Å². The van der Waals surface area contributed by atoms with Gasteiger partial charge in [-0.25, -0.2) is 4.79 Å². The summed E-state index contributed by atoms with van der Waals surface area (Å²) in [7, 11) is 0. The molecule has 0 fully saturated rings. The Hall–Kier alpha value is -3.71. The van der Waals surface area contributed by atoms with Crippen LogP contribution in [-0.4, -0.2) is 75.7 Å². The molecule has 0 heterocycles. The van der Waals surface area contributed by atoms with Crippen LogP contribution in [0.25, 0.3) is 0 Å². The highest BCUT2D eigenvalue weighted by molar-refractivity contribution is 5.95. The van der Waals surface area contributed by atoms with Crippen LogP contribution in [0.1, 0.15) is 51.5 Å². The van der Waals surface area contributed by atoms with Gasteiger partial charge in [0.1, 0.15) is 23.9 Å². The number of benzene rings is 1. The maximum atomic E-state index is 13.2. The molecule has 38 heavy (non-hydrogen) atoms. The first-order chi connectivity index (χ1) is 17.8. The predicted octanol–water partition coefficient (Wildman–Crippen LogP) is -0.549. The smallest absolute Gasteiger partial charge is 0.326 e. The van der Waals surface area contributed by atoms with Crippen molar-refractivity contribution in [2.24, 2.45) is 17.4 Å². The monoisotopic (exact) mass is 537 g/mol. The molecule has 0 aromatic heterocycles. The largest absolute Gasteiger partial charge is 0.508 e. The van der Waals surface area contributed by atoms with E-state index in [1.54, 1.807) is 0 Å². The molecule has 0 spiro atoms. The first kappa shape index (κ1) is 32.3. The molecule has 1 aromatic carbocycles. The average molecular weight is 538 g/mol. The summed E-state index contributed by atoms with van der Waals surface area (Å²) in [6, 6.07) is 0.805. The maximum absolute atomic E-state index is 13.2. The van der Waals surface area contributed by atoms with E-state index in [0.717, 1.165) is 0 Å². The van der Waals surface area contributed by atoms with Crippen LogP contribution in [0.5, 0.6) is 5.75 Å². The summed E-state index contributed by atoms with van der Waals surface area (Å²) < 4.78 is 0. The quantitative estimate of drug-likeness (QED) is 0.118. The van der Waals surface area contributed by atoms with Crippen LogP contribution in [0.15, 0.2) is 24.3 Å². The van der Waals surface area contributed by atoms with Crippen molar-refractivity contribution in [2.75, 3.05) is 6.54 Å². The number of amides is 3. The van der Waals surface area contributed by atoms with E-state index in [1.165, 1.54) is 24.3 Å². The Labute approximate surface area is 221 Å². The van der Waals surface area contributed by atoms with Gasteiger partial charge in [0, 0.05) is 6.42 Å². The number of carboxylic acid groups (broad SMARTS) is 2. The molecule has 4 unspecified atom stereocenters. The second-order valence-corrected chi connectivity index (χ2v) is 9.51. The molecule has 0 saturated heterocycles. The normalized spacial score (nSPS) is 14.1. The second-order valence-electron chi connectivity index (χ2n) is 9.51. The fourth-order valence-electron chi connectivity index (χ4n) is 3.65. The molecule has 0 aliphatic carbocycles. The second kappa shape index (κ2) is 16.2. The van der Waals surface area contributed by atoms with Crippen molar-refractivity contribution in [2.45, 2.75) is 76.5 Å². The predicted molar refractivity (Wildman–Crippen MR) is 138 cm³/mol. The van der Waals surface area contributed by atoms with Crippen molar-refractivity contribution in [3.05, 3.63) is 29.8 Å². The van der Waals surface area contributed by atoms with Crippen LogP contribution in [-0.2, 0) is 30.4 Å². The van der Waals surface area contributed by atoms with Gasteiger partial charge in [-0.15, -0.1) is 0 Å². The van der Waals surface area contributed by atoms with Crippen molar-refractivity contribution < 1.29 is 39.3 Å². The Balaban J connectivity index is 3.11. The van der Waals surface area contributed by atoms with Crippen molar-refractivity contribution in [1.29, 1.82) is 0 Å². The summed E-state index contributed by atoms with van der Waals surface area (Å²) in [5.74, 6) is -5.08. The minimum atomic E-state index is -1.61. The summed E-state index contributed by atoms with van der Waals surface area (Å²) in [6.07, 6.45) is 0.501. The molecule has 212 valence electrons. The zero-order chi connectivity index (χ0) is 28.8. The number of carboxylic acids is 2. The first-order valence-corrected chi connectivity index (χ1v) is 12.4. The molecule has 0 aliphatic heterocycles. The highest BCUT2D eigenvalue weighted by Crippen LogP contribution is 2.12. The molecular weight excluding hydrogens is 498 g/mol. The molecule has 0 saturated carbocycles. The van der Waals surface area contributed by atoms with Crippen molar-refractivity contribution >= 4 is 29.7 Å². The van der Waals surface area contributed by atoms with Crippen LogP contribution in [0, 0.1) is 5.92 Å². The van der Waals surface area contributed by atoms with Crippen LogP contribution in [0.4, 0.5) is 0 Å². The number of unbranched alkanes of at least 4 members (excludes halogenated alkanes) is 1. The number of phenolic OH excluding ortho intramolecular Hbond substituents is 1. The summed E-state index contributed by atoms with van der Waals surface area (Å²) in [4.78, 5) is 61.7. The van der Waals surface area contributed by atoms with Crippen molar-refractivity contribution in [3.8, 4) is 5.75 Å². The van der Waals surface area contributed by atoms with Gasteiger partial charge < -0.3 is 42.7 Å². The van der Waals surface area contributed by atoms with E-state index in [0.29, 0.717) is 31.4 Å². The lowest BCUT2D eigenvalue weighted by atomic mass is 10.0. The Bertz CT molecular complexity index is 954. The zero-order valence-electron chi connectivity index (χ0n) is 21.7. The van der Waals surface area contributed by atoms with E-state index in [9.17, 15) is 39.3 Å². The van der Waals surface area contributed by atoms with E-state index >= 15 is 0 Å². The van der Waals surface area contributed by atoms with Gasteiger partial charge in [-0.1, -0.05) is 26.0 Å². The Kier molecular flexibility index (Phi) is 13.8. The topological polar surface area (TPSA) is 234 Å².